The van der Waals surface area contributed by atoms with Crippen molar-refractivity contribution in [3.8, 4) is 0 Å². The number of hydrogen-bond donors (Lipinski definition) is 1. The van der Waals surface area contributed by atoms with Gasteiger partial charge in [-0.05, 0) is 56.0 Å². The number of benzene rings is 2. The minimum Gasteiger partial charge on any atom is -0.450 e. The van der Waals surface area contributed by atoms with Gasteiger partial charge in [0.05, 0.1) is 13.0 Å². The van der Waals surface area contributed by atoms with Crippen LogP contribution in [0.5, 0.6) is 0 Å². The summed E-state index contributed by atoms with van der Waals surface area (Å²) in [7, 11) is 0. The SMILES string of the molecule is CCOC(=O)N1CCC(n2ccc3c(NC(=O)Cc4ccccc4C)cccc3c2=O)CC1. The summed E-state index contributed by atoms with van der Waals surface area (Å²) in [5.41, 5.74) is 2.60. The van der Waals surface area contributed by atoms with Crippen LogP contribution in [0.25, 0.3) is 10.8 Å². The second-order valence-corrected chi connectivity index (χ2v) is 8.36. The lowest BCUT2D eigenvalue weighted by molar-refractivity contribution is -0.115. The second-order valence-electron chi connectivity index (χ2n) is 8.36. The number of aromatic nitrogens is 1. The Labute approximate surface area is 193 Å². The van der Waals surface area contributed by atoms with Crippen LogP contribution in [0, 0.1) is 6.92 Å². The molecule has 0 bridgehead atoms. The summed E-state index contributed by atoms with van der Waals surface area (Å²) in [6.07, 6.45) is 3.16. The fourth-order valence-corrected chi connectivity index (χ4v) is 4.41. The van der Waals surface area contributed by atoms with E-state index in [4.69, 9.17) is 4.74 Å². The van der Waals surface area contributed by atoms with Crippen LogP contribution >= 0.6 is 0 Å². The normalized spacial score (nSPS) is 14.3. The van der Waals surface area contributed by atoms with Gasteiger partial charge in [0.25, 0.3) is 5.56 Å². The lowest BCUT2D eigenvalue weighted by Gasteiger charge is -2.32. The number of piperidine rings is 1. The number of carbonyl (C=O) groups excluding carboxylic acids is 2. The number of likely N-dealkylation sites (tertiary alicyclic amines) is 1. The van der Waals surface area contributed by atoms with Crippen molar-refractivity contribution in [2.24, 2.45) is 0 Å². The molecule has 2 amide bonds. The topological polar surface area (TPSA) is 80.6 Å². The molecule has 1 aliphatic heterocycles. The quantitative estimate of drug-likeness (QED) is 0.633. The first-order chi connectivity index (χ1) is 16.0. The first-order valence-corrected chi connectivity index (χ1v) is 11.4. The van der Waals surface area contributed by atoms with E-state index in [2.05, 4.69) is 5.32 Å². The van der Waals surface area contributed by atoms with Crippen molar-refractivity contribution < 1.29 is 14.3 Å². The predicted molar refractivity (Wildman–Crippen MR) is 129 cm³/mol. The molecule has 7 nitrogen and oxygen atoms in total. The van der Waals surface area contributed by atoms with E-state index >= 15 is 0 Å². The molecule has 2 aromatic carbocycles. The number of hydrogen-bond acceptors (Lipinski definition) is 4. The zero-order valence-electron chi connectivity index (χ0n) is 19.0. The van der Waals surface area contributed by atoms with Gasteiger partial charge >= 0.3 is 6.09 Å². The molecule has 172 valence electrons. The van der Waals surface area contributed by atoms with Gasteiger partial charge in [-0.1, -0.05) is 30.3 Å². The maximum atomic E-state index is 13.3. The number of fused-ring (bicyclic) bond motifs is 1. The summed E-state index contributed by atoms with van der Waals surface area (Å²) in [6, 6.07) is 15.1. The summed E-state index contributed by atoms with van der Waals surface area (Å²) in [5.74, 6) is -0.118. The Balaban J connectivity index is 1.51. The Morgan fingerprint density at radius 1 is 1.03 bits per heavy atom. The van der Waals surface area contributed by atoms with Gasteiger partial charge in [-0.25, -0.2) is 4.79 Å². The van der Waals surface area contributed by atoms with Crippen LogP contribution in [0.3, 0.4) is 0 Å². The molecule has 0 radical (unpaired) electrons. The highest BCUT2D eigenvalue weighted by molar-refractivity contribution is 6.02. The molecule has 0 atom stereocenters. The largest absolute Gasteiger partial charge is 0.450 e. The monoisotopic (exact) mass is 447 g/mol. The Morgan fingerprint density at radius 2 is 1.79 bits per heavy atom. The van der Waals surface area contributed by atoms with E-state index in [-0.39, 0.29) is 30.0 Å². The van der Waals surface area contributed by atoms with Crippen molar-refractivity contribution in [1.29, 1.82) is 0 Å². The van der Waals surface area contributed by atoms with Crippen LogP contribution in [0.15, 0.2) is 59.5 Å². The third-order valence-electron chi connectivity index (χ3n) is 6.24. The fraction of sp³-hybridized carbons (Fsp3) is 0.346. The molecule has 0 spiro atoms. The third-order valence-corrected chi connectivity index (χ3v) is 6.24. The summed E-state index contributed by atoms with van der Waals surface area (Å²) in [4.78, 5) is 39.6. The zero-order valence-corrected chi connectivity index (χ0v) is 19.0. The Morgan fingerprint density at radius 3 is 2.52 bits per heavy atom. The average molecular weight is 448 g/mol. The second kappa shape index (κ2) is 9.90. The molecule has 1 N–H and O–H groups in total. The molecule has 1 aromatic heterocycles. The molecule has 7 heteroatoms. The van der Waals surface area contributed by atoms with Crippen LogP contribution in [0.2, 0.25) is 0 Å². The van der Waals surface area contributed by atoms with Crippen LogP contribution in [0.4, 0.5) is 10.5 Å². The zero-order chi connectivity index (χ0) is 23.4. The summed E-state index contributed by atoms with van der Waals surface area (Å²) >= 11 is 0. The molecule has 1 fully saturated rings. The van der Waals surface area contributed by atoms with Crippen LogP contribution in [-0.4, -0.2) is 41.2 Å². The van der Waals surface area contributed by atoms with Gasteiger partial charge in [0.1, 0.15) is 0 Å². The Bertz CT molecular complexity index is 1230. The third kappa shape index (κ3) is 4.92. The lowest BCUT2D eigenvalue weighted by Crippen LogP contribution is -2.41. The van der Waals surface area contributed by atoms with Gasteiger partial charge in [0.2, 0.25) is 5.91 Å². The van der Waals surface area contributed by atoms with E-state index in [1.165, 1.54) is 0 Å². The lowest BCUT2D eigenvalue weighted by atomic mass is 10.0. The van der Waals surface area contributed by atoms with Crippen molar-refractivity contribution >= 4 is 28.5 Å². The van der Waals surface area contributed by atoms with Crippen LogP contribution in [-0.2, 0) is 16.0 Å². The average Bonchev–Trinajstić information content (AvgIpc) is 2.81. The first-order valence-electron chi connectivity index (χ1n) is 11.4. The number of carbonyl (C=O) groups is 2. The van der Waals surface area contributed by atoms with E-state index in [0.29, 0.717) is 43.6 Å². The van der Waals surface area contributed by atoms with E-state index in [1.54, 1.807) is 34.7 Å². The van der Waals surface area contributed by atoms with Crippen molar-refractivity contribution in [3.63, 3.8) is 0 Å². The van der Waals surface area contributed by atoms with Gasteiger partial charge in [0, 0.05) is 41.8 Å². The van der Waals surface area contributed by atoms with Gasteiger partial charge in [-0.3, -0.25) is 9.59 Å². The molecule has 1 saturated heterocycles. The number of rotatable bonds is 5. The molecule has 0 aliphatic carbocycles. The van der Waals surface area contributed by atoms with E-state index in [0.717, 1.165) is 16.5 Å². The van der Waals surface area contributed by atoms with Crippen LogP contribution in [0.1, 0.15) is 36.9 Å². The van der Waals surface area contributed by atoms with E-state index < -0.39 is 0 Å². The van der Waals surface area contributed by atoms with Crippen molar-refractivity contribution in [2.45, 2.75) is 39.2 Å². The number of anilines is 1. The highest BCUT2D eigenvalue weighted by Crippen LogP contribution is 2.25. The molecule has 0 unspecified atom stereocenters. The Kier molecular flexibility index (Phi) is 6.77. The number of amides is 2. The minimum absolute atomic E-state index is 0.0203. The van der Waals surface area contributed by atoms with E-state index in [9.17, 15) is 14.4 Å². The number of nitrogens with one attached hydrogen (secondary N) is 1. The molecule has 2 heterocycles. The Hall–Kier alpha value is -3.61. The first kappa shape index (κ1) is 22.6. The molecular weight excluding hydrogens is 418 g/mol. The van der Waals surface area contributed by atoms with Gasteiger partial charge < -0.3 is 19.5 Å². The molecule has 33 heavy (non-hydrogen) atoms. The fourth-order valence-electron chi connectivity index (χ4n) is 4.41. The molecular formula is C26H29N3O4. The van der Waals surface area contributed by atoms with E-state index in [1.807, 2.05) is 43.3 Å². The highest BCUT2D eigenvalue weighted by atomic mass is 16.6. The van der Waals surface area contributed by atoms with Crippen molar-refractivity contribution in [2.75, 3.05) is 25.0 Å². The van der Waals surface area contributed by atoms with Gasteiger partial charge in [0.15, 0.2) is 0 Å². The smallest absolute Gasteiger partial charge is 0.409 e. The predicted octanol–water partition coefficient (Wildman–Crippen LogP) is 4.28. The summed E-state index contributed by atoms with van der Waals surface area (Å²) in [6.45, 7) is 5.25. The van der Waals surface area contributed by atoms with Crippen LogP contribution < -0.4 is 10.9 Å². The number of pyridine rings is 1. The van der Waals surface area contributed by atoms with Gasteiger partial charge in [-0.2, -0.15) is 0 Å². The maximum Gasteiger partial charge on any atom is 0.409 e. The number of nitrogens with zero attached hydrogens (tertiary/aromatic N) is 2. The number of aryl methyl sites for hydroxylation is 1. The molecule has 1 aliphatic rings. The van der Waals surface area contributed by atoms with Crippen molar-refractivity contribution in [3.05, 3.63) is 76.2 Å². The summed E-state index contributed by atoms with van der Waals surface area (Å²) in [5, 5.41) is 4.26. The number of ether oxygens (including phenoxy) is 1. The summed E-state index contributed by atoms with van der Waals surface area (Å²) < 4.78 is 6.83. The minimum atomic E-state index is -0.298. The molecule has 4 rings (SSSR count). The molecule has 0 saturated carbocycles. The molecule has 3 aromatic rings. The standard InChI is InChI=1S/C26H29N3O4/c1-3-33-26(32)28-14-11-20(12-15-28)29-16-13-21-22(25(29)31)9-6-10-23(21)27-24(30)17-19-8-5-4-7-18(19)2/h4-10,13,16,20H,3,11-12,14-15,17H2,1-2H3,(H,27,30). The maximum absolute atomic E-state index is 13.3. The van der Waals surface area contributed by atoms with Gasteiger partial charge in [-0.15, -0.1) is 0 Å². The van der Waals surface area contributed by atoms with Crippen molar-refractivity contribution in [1.82, 2.24) is 9.47 Å². The highest BCUT2D eigenvalue weighted by Gasteiger charge is 2.25.